The SMILES string of the molecule is CCCCNC(=O)CCNc1ccc(Cl)c(Cl)c1. The van der Waals surface area contributed by atoms with E-state index in [1.54, 1.807) is 12.1 Å². The number of carbonyl (C=O) groups excluding carboxylic acids is 1. The standard InChI is InChI=1S/C13H18Cl2N2O/c1-2-3-7-17-13(18)6-8-16-10-4-5-11(14)12(15)9-10/h4-5,9,16H,2-3,6-8H2,1H3,(H,17,18). The predicted octanol–water partition coefficient (Wildman–Crippen LogP) is 3.71. The van der Waals surface area contributed by atoms with E-state index in [4.69, 9.17) is 23.2 Å². The van der Waals surface area contributed by atoms with Crippen molar-refractivity contribution in [3.05, 3.63) is 28.2 Å². The first-order valence-corrected chi connectivity index (χ1v) is 6.84. The lowest BCUT2D eigenvalue weighted by molar-refractivity contribution is -0.120. The Morgan fingerprint density at radius 3 is 2.67 bits per heavy atom. The summed E-state index contributed by atoms with van der Waals surface area (Å²) >= 11 is 11.7. The molecular formula is C13H18Cl2N2O. The van der Waals surface area contributed by atoms with Gasteiger partial charge in [0.15, 0.2) is 0 Å². The topological polar surface area (TPSA) is 41.1 Å². The molecule has 3 nitrogen and oxygen atoms in total. The van der Waals surface area contributed by atoms with Crippen LogP contribution in [0.1, 0.15) is 26.2 Å². The minimum Gasteiger partial charge on any atom is -0.384 e. The molecule has 0 heterocycles. The highest BCUT2D eigenvalue weighted by Gasteiger charge is 2.01. The maximum absolute atomic E-state index is 11.4. The molecule has 0 unspecified atom stereocenters. The van der Waals surface area contributed by atoms with Crippen LogP contribution in [0.5, 0.6) is 0 Å². The van der Waals surface area contributed by atoms with Crippen molar-refractivity contribution < 1.29 is 4.79 Å². The third-order valence-electron chi connectivity index (χ3n) is 2.45. The molecule has 18 heavy (non-hydrogen) atoms. The zero-order valence-electron chi connectivity index (χ0n) is 10.4. The molecule has 0 aliphatic carbocycles. The smallest absolute Gasteiger partial charge is 0.221 e. The summed E-state index contributed by atoms with van der Waals surface area (Å²) in [6, 6.07) is 5.32. The van der Waals surface area contributed by atoms with Crippen LogP contribution in [0.3, 0.4) is 0 Å². The van der Waals surface area contributed by atoms with Crippen molar-refractivity contribution in [2.75, 3.05) is 18.4 Å². The van der Waals surface area contributed by atoms with E-state index in [1.807, 2.05) is 6.07 Å². The second-order valence-electron chi connectivity index (χ2n) is 4.01. The van der Waals surface area contributed by atoms with Crippen LogP contribution in [0.25, 0.3) is 0 Å². The molecule has 1 amide bonds. The first-order chi connectivity index (χ1) is 8.63. The molecule has 0 aromatic heterocycles. The van der Waals surface area contributed by atoms with Crippen LogP contribution in [-0.2, 0) is 4.79 Å². The first-order valence-electron chi connectivity index (χ1n) is 6.09. The zero-order valence-corrected chi connectivity index (χ0v) is 11.9. The average molecular weight is 289 g/mol. The third-order valence-corrected chi connectivity index (χ3v) is 3.19. The van der Waals surface area contributed by atoms with Gasteiger partial charge in [0, 0.05) is 25.2 Å². The highest BCUT2D eigenvalue weighted by atomic mass is 35.5. The quantitative estimate of drug-likeness (QED) is 0.751. The number of halogens is 2. The second kappa shape index (κ2) is 8.22. The molecule has 2 N–H and O–H groups in total. The summed E-state index contributed by atoms with van der Waals surface area (Å²) < 4.78 is 0. The fraction of sp³-hybridized carbons (Fsp3) is 0.462. The van der Waals surface area contributed by atoms with E-state index in [1.165, 1.54) is 0 Å². The van der Waals surface area contributed by atoms with Crippen LogP contribution in [0.4, 0.5) is 5.69 Å². The lowest BCUT2D eigenvalue weighted by Crippen LogP contribution is -2.26. The second-order valence-corrected chi connectivity index (χ2v) is 4.82. The molecule has 0 spiro atoms. The van der Waals surface area contributed by atoms with Gasteiger partial charge in [0.05, 0.1) is 10.0 Å². The van der Waals surface area contributed by atoms with Gasteiger partial charge in [0.2, 0.25) is 5.91 Å². The fourth-order valence-electron chi connectivity index (χ4n) is 1.42. The van der Waals surface area contributed by atoms with Crippen molar-refractivity contribution >= 4 is 34.8 Å². The van der Waals surface area contributed by atoms with Gasteiger partial charge in [-0.15, -0.1) is 0 Å². The number of anilines is 1. The minimum atomic E-state index is 0.0658. The number of rotatable bonds is 7. The van der Waals surface area contributed by atoms with Gasteiger partial charge in [-0.1, -0.05) is 36.5 Å². The van der Waals surface area contributed by atoms with Gasteiger partial charge in [0.1, 0.15) is 0 Å². The molecule has 5 heteroatoms. The van der Waals surface area contributed by atoms with Crippen molar-refractivity contribution in [1.29, 1.82) is 0 Å². The fourth-order valence-corrected chi connectivity index (χ4v) is 1.72. The molecular weight excluding hydrogens is 271 g/mol. The molecule has 0 bridgehead atoms. The van der Waals surface area contributed by atoms with Crippen LogP contribution in [0.2, 0.25) is 10.0 Å². The van der Waals surface area contributed by atoms with Crippen LogP contribution in [0.15, 0.2) is 18.2 Å². The van der Waals surface area contributed by atoms with Gasteiger partial charge in [-0.05, 0) is 24.6 Å². The Balaban J connectivity index is 2.24. The van der Waals surface area contributed by atoms with Crippen molar-refractivity contribution in [3.8, 4) is 0 Å². The van der Waals surface area contributed by atoms with Crippen molar-refractivity contribution in [3.63, 3.8) is 0 Å². The molecule has 0 aliphatic heterocycles. The molecule has 0 saturated carbocycles. The summed E-state index contributed by atoms with van der Waals surface area (Å²) in [5.41, 5.74) is 0.866. The number of hydrogen-bond acceptors (Lipinski definition) is 2. The average Bonchev–Trinajstić information content (AvgIpc) is 2.34. The van der Waals surface area contributed by atoms with E-state index in [2.05, 4.69) is 17.6 Å². The van der Waals surface area contributed by atoms with E-state index >= 15 is 0 Å². The van der Waals surface area contributed by atoms with Crippen molar-refractivity contribution in [2.24, 2.45) is 0 Å². The summed E-state index contributed by atoms with van der Waals surface area (Å²) in [6.45, 7) is 3.43. The van der Waals surface area contributed by atoms with Gasteiger partial charge in [-0.3, -0.25) is 4.79 Å². The lowest BCUT2D eigenvalue weighted by atomic mass is 10.3. The van der Waals surface area contributed by atoms with Crippen molar-refractivity contribution in [1.82, 2.24) is 5.32 Å². The molecule has 0 saturated heterocycles. The summed E-state index contributed by atoms with van der Waals surface area (Å²) in [6.07, 6.45) is 2.55. The largest absolute Gasteiger partial charge is 0.384 e. The van der Waals surface area contributed by atoms with E-state index in [0.717, 1.165) is 25.1 Å². The van der Waals surface area contributed by atoms with Gasteiger partial charge in [-0.2, -0.15) is 0 Å². The summed E-state index contributed by atoms with van der Waals surface area (Å²) in [4.78, 5) is 11.4. The molecule has 0 fully saturated rings. The highest BCUT2D eigenvalue weighted by molar-refractivity contribution is 6.42. The molecule has 1 aromatic rings. The van der Waals surface area contributed by atoms with Gasteiger partial charge in [-0.25, -0.2) is 0 Å². The Morgan fingerprint density at radius 1 is 1.22 bits per heavy atom. The summed E-state index contributed by atoms with van der Waals surface area (Å²) in [5, 5.41) is 7.03. The van der Waals surface area contributed by atoms with E-state index in [9.17, 15) is 4.79 Å². The molecule has 0 atom stereocenters. The van der Waals surface area contributed by atoms with E-state index < -0.39 is 0 Å². The minimum absolute atomic E-state index is 0.0658. The van der Waals surface area contributed by atoms with Crippen LogP contribution in [0, 0.1) is 0 Å². The van der Waals surface area contributed by atoms with E-state index in [-0.39, 0.29) is 5.91 Å². The molecule has 1 rings (SSSR count). The molecule has 100 valence electrons. The third kappa shape index (κ3) is 5.61. The maximum Gasteiger partial charge on any atom is 0.221 e. The highest BCUT2D eigenvalue weighted by Crippen LogP contribution is 2.24. The van der Waals surface area contributed by atoms with Crippen LogP contribution < -0.4 is 10.6 Å². The first kappa shape index (κ1) is 15.1. The number of hydrogen-bond donors (Lipinski definition) is 2. The molecule has 1 aromatic carbocycles. The Bertz CT molecular complexity index is 397. The maximum atomic E-state index is 11.4. The van der Waals surface area contributed by atoms with Gasteiger partial charge >= 0.3 is 0 Å². The Hall–Kier alpha value is -0.930. The monoisotopic (exact) mass is 288 g/mol. The summed E-state index contributed by atoms with van der Waals surface area (Å²) in [5.74, 6) is 0.0658. The van der Waals surface area contributed by atoms with Crippen molar-refractivity contribution in [2.45, 2.75) is 26.2 Å². The number of carbonyl (C=O) groups is 1. The Morgan fingerprint density at radius 2 is 2.00 bits per heavy atom. The lowest BCUT2D eigenvalue weighted by Gasteiger charge is -2.08. The van der Waals surface area contributed by atoms with Gasteiger partial charge in [0.25, 0.3) is 0 Å². The number of unbranched alkanes of at least 4 members (excludes halogenated alkanes) is 1. The number of amides is 1. The Labute approximate surface area is 118 Å². The van der Waals surface area contributed by atoms with Crippen LogP contribution >= 0.6 is 23.2 Å². The molecule has 0 aliphatic rings. The Kier molecular flexibility index (Phi) is 6.91. The normalized spacial score (nSPS) is 10.2. The predicted molar refractivity (Wildman–Crippen MR) is 77.5 cm³/mol. The number of nitrogens with one attached hydrogen (secondary N) is 2. The number of benzene rings is 1. The van der Waals surface area contributed by atoms with Crippen LogP contribution in [-0.4, -0.2) is 19.0 Å². The zero-order chi connectivity index (χ0) is 13.4. The molecule has 0 radical (unpaired) electrons. The van der Waals surface area contributed by atoms with E-state index in [0.29, 0.717) is 23.0 Å². The van der Waals surface area contributed by atoms with Gasteiger partial charge < -0.3 is 10.6 Å². The summed E-state index contributed by atoms with van der Waals surface area (Å²) in [7, 11) is 0.